The van der Waals surface area contributed by atoms with E-state index in [9.17, 15) is 22.8 Å². The molecule has 0 bridgehead atoms. The van der Waals surface area contributed by atoms with Gasteiger partial charge in [0.25, 0.3) is 5.91 Å². The second-order valence-corrected chi connectivity index (χ2v) is 8.99. The number of nitrogens with zero attached hydrogens (tertiary/aromatic N) is 1. The molecule has 1 N–H and O–H groups in total. The van der Waals surface area contributed by atoms with E-state index in [1.807, 2.05) is 4.90 Å². The summed E-state index contributed by atoms with van der Waals surface area (Å²) in [7, 11) is 0. The van der Waals surface area contributed by atoms with Crippen LogP contribution < -0.4 is 5.32 Å². The Morgan fingerprint density at radius 1 is 1.18 bits per heavy atom. The molecule has 0 radical (unpaired) electrons. The number of nitrogens with one attached hydrogen (secondary N) is 1. The van der Waals surface area contributed by atoms with Crippen LogP contribution >= 0.6 is 0 Å². The molecule has 1 aromatic rings. The molecule has 0 aliphatic carbocycles. The first kappa shape index (κ1) is 20.8. The number of hydrogen-bond acceptors (Lipinski definition) is 3. The Bertz CT molecular complexity index is 762. The lowest BCUT2D eigenvalue weighted by Crippen LogP contribution is -2.57. The molecule has 2 saturated heterocycles. The maximum atomic E-state index is 13.6. The van der Waals surface area contributed by atoms with Crippen molar-refractivity contribution in [3.63, 3.8) is 0 Å². The molecule has 2 heterocycles. The van der Waals surface area contributed by atoms with Gasteiger partial charge in [-0.3, -0.25) is 9.59 Å². The summed E-state index contributed by atoms with van der Waals surface area (Å²) < 4.78 is 39.1. The lowest BCUT2D eigenvalue weighted by Gasteiger charge is -2.47. The molecule has 7 heteroatoms. The molecule has 1 atom stereocenters. The third-order valence-corrected chi connectivity index (χ3v) is 6.19. The topological polar surface area (TPSA) is 49.4 Å². The molecule has 1 aromatic carbocycles. The number of likely N-dealkylation sites (tertiary alicyclic amines) is 1. The maximum absolute atomic E-state index is 13.6. The monoisotopic (exact) mass is 396 g/mol. The molecule has 3 rings (SSSR count). The number of aldehydes is 1. The van der Waals surface area contributed by atoms with E-state index in [0.29, 0.717) is 6.29 Å². The van der Waals surface area contributed by atoms with Crippen LogP contribution in [0.3, 0.4) is 0 Å². The van der Waals surface area contributed by atoms with Crippen molar-refractivity contribution in [2.75, 3.05) is 13.1 Å². The predicted molar refractivity (Wildman–Crippen MR) is 100 cm³/mol. The first-order valence-corrected chi connectivity index (χ1v) is 9.70. The summed E-state index contributed by atoms with van der Waals surface area (Å²) in [5.41, 5.74) is -1.54. The highest BCUT2D eigenvalue weighted by atomic mass is 19.4. The van der Waals surface area contributed by atoms with Crippen LogP contribution in [0.2, 0.25) is 0 Å². The lowest BCUT2D eigenvalue weighted by atomic mass is 9.84. The minimum absolute atomic E-state index is 0.0279. The fraction of sp³-hybridized carbons (Fsp3) is 0.619. The fourth-order valence-corrected chi connectivity index (χ4v) is 4.71. The average molecular weight is 396 g/mol. The van der Waals surface area contributed by atoms with Gasteiger partial charge in [-0.1, -0.05) is 20.8 Å². The van der Waals surface area contributed by atoms with Crippen LogP contribution in [0, 0.1) is 5.41 Å². The molecule has 2 aliphatic heterocycles. The van der Waals surface area contributed by atoms with Crippen molar-refractivity contribution in [3.8, 4) is 0 Å². The molecule has 2 aliphatic rings. The highest BCUT2D eigenvalue weighted by Gasteiger charge is 2.52. The van der Waals surface area contributed by atoms with Crippen LogP contribution in [0.1, 0.15) is 72.7 Å². The smallest absolute Gasteiger partial charge is 0.329 e. The van der Waals surface area contributed by atoms with Crippen molar-refractivity contribution in [1.29, 1.82) is 0 Å². The van der Waals surface area contributed by atoms with Gasteiger partial charge in [-0.2, -0.15) is 13.2 Å². The summed E-state index contributed by atoms with van der Waals surface area (Å²) in [5.74, 6) is -0.338. The van der Waals surface area contributed by atoms with Gasteiger partial charge in [-0.25, -0.2) is 0 Å². The summed E-state index contributed by atoms with van der Waals surface area (Å²) >= 11 is 0. The number of carbonyl (C=O) groups is 2. The van der Waals surface area contributed by atoms with E-state index in [2.05, 4.69) is 26.1 Å². The van der Waals surface area contributed by atoms with Crippen molar-refractivity contribution in [2.45, 2.75) is 64.2 Å². The number of piperidine rings is 1. The first-order valence-electron chi connectivity index (χ1n) is 9.70. The Morgan fingerprint density at radius 2 is 1.82 bits per heavy atom. The van der Waals surface area contributed by atoms with Gasteiger partial charge in [-0.05, 0) is 62.4 Å². The second-order valence-electron chi connectivity index (χ2n) is 8.99. The van der Waals surface area contributed by atoms with Crippen molar-refractivity contribution < 1.29 is 22.8 Å². The number of rotatable bonds is 2. The molecule has 4 nitrogen and oxygen atoms in total. The van der Waals surface area contributed by atoms with Gasteiger partial charge in [0.05, 0.1) is 11.1 Å². The number of carbonyl (C=O) groups excluding carboxylic acids is 2. The molecule has 0 saturated carbocycles. The zero-order valence-corrected chi connectivity index (χ0v) is 16.5. The Balaban J connectivity index is 2.05. The van der Waals surface area contributed by atoms with E-state index in [-0.39, 0.29) is 34.0 Å². The molecule has 154 valence electrons. The molecular formula is C21H27F3N2O2. The van der Waals surface area contributed by atoms with E-state index < -0.39 is 11.7 Å². The third-order valence-electron chi connectivity index (χ3n) is 6.19. The minimum Gasteiger partial charge on any atom is -0.329 e. The zero-order valence-electron chi connectivity index (χ0n) is 16.5. The number of amides is 1. The van der Waals surface area contributed by atoms with Crippen molar-refractivity contribution in [1.82, 2.24) is 10.2 Å². The van der Waals surface area contributed by atoms with Gasteiger partial charge in [-0.15, -0.1) is 0 Å². The second kappa shape index (κ2) is 7.17. The normalized spacial score (nSPS) is 22.5. The Labute approximate surface area is 163 Å². The van der Waals surface area contributed by atoms with E-state index in [1.165, 1.54) is 0 Å². The lowest BCUT2D eigenvalue weighted by molar-refractivity contribution is -0.137. The van der Waals surface area contributed by atoms with E-state index in [1.54, 1.807) is 0 Å². The Kier molecular flexibility index (Phi) is 5.34. The van der Waals surface area contributed by atoms with Crippen LogP contribution in [0.25, 0.3) is 0 Å². The number of halogens is 3. The van der Waals surface area contributed by atoms with Crippen LogP contribution in [-0.4, -0.2) is 41.8 Å². The van der Waals surface area contributed by atoms with Gasteiger partial charge in [0.15, 0.2) is 6.29 Å². The standard InChI is InChI=1S/C21H27F3N2O2/c1-19(2,3)17-6-7-20(8-10-25-11-9-20)26(17)18(28)16-5-4-15(21(22,23)24)12-14(16)13-27/h4-5,12-13,17,25H,6-11H2,1-3H3. The largest absolute Gasteiger partial charge is 0.416 e. The highest BCUT2D eigenvalue weighted by Crippen LogP contribution is 2.47. The molecule has 1 unspecified atom stereocenters. The molecule has 28 heavy (non-hydrogen) atoms. The molecular weight excluding hydrogens is 369 g/mol. The average Bonchev–Trinajstić information content (AvgIpc) is 2.99. The number of benzene rings is 1. The van der Waals surface area contributed by atoms with Gasteiger partial charge in [0.2, 0.25) is 0 Å². The summed E-state index contributed by atoms with van der Waals surface area (Å²) in [5, 5.41) is 3.32. The fourth-order valence-electron chi connectivity index (χ4n) is 4.71. The summed E-state index contributed by atoms with van der Waals surface area (Å²) in [6.07, 6.45) is -0.868. The molecule has 2 fully saturated rings. The van der Waals surface area contributed by atoms with Crippen LogP contribution in [-0.2, 0) is 6.18 Å². The Hall–Kier alpha value is -1.89. The molecule has 1 amide bonds. The number of alkyl halides is 3. The third kappa shape index (κ3) is 3.69. The summed E-state index contributed by atoms with van der Waals surface area (Å²) in [6, 6.07) is 2.79. The van der Waals surface area contributed by atoms with Gasteiger partial charge in [0, 0.05) is 17.1 Å². The predicted octanol–water partition coefficient (Wildman–Crippen LogP) is 4.29. The maximum Gasteiger partial charge on any atom is 0.416 e. The summed E-state index contributed by atoms with van der Waals surface area (Å²) in [4.78, 5) is 27.0. The first-order chi connectivity index (χ1) is 13.0. The SMILES string of the molecule is CC(C)(C)C1CCC2(CCNCC2)N1C(=O)c1ccc(C(F)(F)F)cc1C=O. The quantitative estimate of drug-likeness (QED) is 0.759. The van der Waals surface area contributed by atoms with E-state index in [0.717, 1.165) is 57.0 Å². The van der Waals surface area contributed by atoms with Gasteiger partial charge >= 0.3 is 6.18 Å². The zero-order chi connectivity index (χ0) is 20.7. The van der Waals surface area contributed by atoms with Crippen molar-refractivity contribution >= 4 is 12.2 Å². The highest BCUT2D eigenvalue weighted by molar-refractivity contribution is 6.02. The minimum atomic E-state index is -4.56. The number of hydrogen-bond donors (Lipinski definition) is 1. The van der Waals surface area contributed by atoms with Crippen LogP contribution in [0.4, 0.5) is 13.2 Å². The van der Waals surface area contributed by atoms with Crippen LogP contribution in [0.5, 0.6) is 0 Å². The van der Waals surface area contributed by atoms with Crippen molar-refractivity contribution in [2.24, 2.45) is 5.41 Å². The Morgan fingerprint density at radius 3 is 2.36 bits per heavy atom. The van der Waals surface area contributed by atoms with Crippen molar-refractivity contribution in [3.05, 3.63) is 34.9 Å². The van der Waals surface area contributed by atoms with Gasteiger partial charge in [0.1, 0.15) is 0 Å². The molecule has 1 spiro atoms. The van der Waals surface area contributed by atoms with E-state index in [4.69, 9.17) is 0 Å². The summed E-state index contributed by atoms with van der Waals surface area (Å²) in [6.45, 7) is 7.82. The van der Waals surface area contributed by atoms with E-state index >= 15 is 0 Å². The van der Waals surface area contributed by atoms with Gasteiger partial charge < -0.3 is 10.2 Å². The molecule has 0 aromatic heterocycles. The van der Waals surface area contributed by atoms with Crippen LogP contribution in [0.15, 0.2) is 18.2 Å².